The summed E-state index contributed by atoms with van der Waals surface area (Å²) < 4.78 is 0. The van der Waals surface area contributed by atoms with Gasteiger partial charge in [-0.2, -0.15) is 0 Å². The molecule has 1 aromatic carbocycles. The Kier molecular flexibility index (Phi) is 1.60. The van der Waals surface area contributed by atoms with Gasteiger partial charge in [-0.1, -0.05) is 26.0 Å². The first-order valence-corrected chi connectivity index (χ1v) is 4.60. The molecule has 0 amide bonds. The fourth-order valence-corrected chi connectivity index (χ4v) is 1.84. The summed E-state index contributed by atoms with van der Waals surface area (Å²) in [5.41, 5.74) is 11.3. The molecule has 0 aromatic heterocycles. The molecule has 1 nitrogen and oxygen atoms in total. The Hall–Kier alpha value is -0.980. The second-order valence-corrected chi connectivity index (χ2v) is 3.86. The van der Waals surface area contributed by atoms with Gasteiger partial charge in [-0.05, 0) is 35.4 Å². The highest BCUT2D eigenvalue weighted by atomic mass is 14.6. The quantitative estimate of drug-likeness (QED) is 0.629. The lowest BCUT2D eigenvalue weighted by Gasteiger charge is -2.24. The van der Waals surface area contributed by atoms with Crippen molar-refractivity contribution in [1.29, 1.82) is 0 Å². The maximum absolute atomic E-state index is 6.04. The van der Waals surface area contributed by atoms with Gasteiger partial charge in [0.1, 0.15) is 0 Å². The zero-order valence-corrected chi connectivity index (χ0v) is 7.72. The molecule has 0 bridgehead atoms. The molecule has 0 saturated heterocycles. The van der Waals surface area contributed by atoms with Crippen molar-refractivity contribution in [1.82, 2.24) is 0 Å². The van der Waals surface area contributed by atoms with Gasteiger partial charge in [-0.25, -0.2) is 0 Å². The number of fused-ring (bicyclic) bond motifs is 1. The molecule has 0 aliphatic heterocycles. The third kappa shape index (κ3) is 0.927. The third-order valence-corrected chi connectivity index (χ3v) is 2.75. The fraction of sp³-hybridized carbons (Fsp3) is 0.455. The van der Waals surface area contributed by atoms with Gasteiger partial charge in [0.25, 0.3) is 0 Å². The van der Waals surface area contributed by atoms with Gasteiger partial charge < -0.3 is 5.73 Å². The maximum Gasteiger partial charge on any atom is 0.0384 e. The van der Waals surface area contributed by atoms with Crippen LogP contribution in [0.25, 0.3) is 0 Å². The van der Waals surface area contributed by atoms with Gasteiger partial charge in [0.2, 0.25) is 0 Å². The predicted molar refractivity (Wildman–Crippen MR) is 52.4 cm³/mol. The maximum atomic E-state index is 6.04. The highest BCUT2D eigenvalue weighted by molar-refractivity contribution is 5.61. The Morgan fingerprint density at radius 2 is 2.00 bits per heavy atom. The Morgan fingerprint density at radius 3 is 2.50 bits per heavy atom. The number of anilines is 1. The van der Waals surface area contributed by atoms with Crippen LogP contribution in [0.15, 0.2) is 12.1 Å². The molecule has 1 aromatic rings. The molecule has 1 aliphatic rings. The molecule has 12 heavy (non-hydrogen) atoms. The van der Waals surface area contributed by atoms with Crippen molar-refractivity contribution in [2.24, 2.45) is 0 Å². The average Bonchev–Trinajstić information content (AvgIpc) is 1.92. The van der Waals surface area contributed by atoms with Crippen molar-refractivity contribution < 1.29 is 0 Å². The van der Waals surface area contributed by atoms with E-state index in [1.807, 2.05) is 0 Å². The van der Waals surface area contributed by atoms with Crippen LogP contribution < -0.4 is 5.73 Å². The molecule has 1 aliphatic carbocycles. The minimum atomic E-state index is 0.552. The second kappa shape index (κ2) is 2.51. The van der Waals surface area contributed by atoms with Crippen LogP contribution in [0.1, 0.15) is 36.5 Å². The largest absolute Gasteiger partial charge is 0.398 e. The first-order chi connectivity index (χ1) is 5.70. The lowest BCUT2D eigenvalue weighted by Crippen LogP contribution is -2.13. The lowest BCUT2D eigenvalue weighted by atomic mass is 9.83. The Bertz CT molecular complexity index is 313. The summed E-state index contributed by atoms with van der Waals surface area (Å²) in [5.74, 6) is 0.552. The molecule has 0 saturated carbocycles. The number of hydrogen-bond acceptors (Lipinski definition) is 1. The summed E-state index contributed by atoms with van der Waals surface area (Å²) >= 11 is 0. The first-order valence-electron chi connectivity index (χ1n) is 4.60. The third-order valence-electron chi connectivity index (χ3n) is 2.75. The molecular weight excluding hydrogens is 146 g/mol. The lowest BCUT2D eigenvalue weighted by molar-refractivity contribution is 0.815. The van der Waals surface area contributed by atoms with E-state index < -0.39 is 0 Å². The van der Waals surface area contributed by atoms with E-state index in [0.717, 1.165) is 5.69 Å². The van der Waals surface area contributed by atoms with E-state index in [1.54, 1.807) is 0 Å². The Labute approximate surface area is 73.6 Å². The number of nitrogens with two attached hydrogens (primary N) is 1. The molecule has 0 unspecified atom stereocenters. The van der Waals surface area contributed by atoms with Gasteiger partial charge in [0, 0.05) is 5.69 Å². The first kappa shape index (κ1) is 7.66. The second-order valence-electron chi connectivity index (χ2n) is 3.86. The van der Waals surface area contributed by atoms with Gasteiger partial charge in [0.15, 0.2) is 0 Å². The van der Waals surface area contributed by atoms with Crippen LogP contribution in [0.2, 0.25) is 0 Å². The van der Waals surface area contributed by atoms with Crippen molar-refractivity contribution in [3.05, 3.63) is 28.8 Å². The smallest absolute Gasteiger partial charge is 0.0384 e. The van der Waals surface area contributed by atoms with Crippen molar-refractivity contribution >= 4 is 5.69 Å². The predicted octanol–water partition coefficient (Wildman–Crippen LogP) is 2.49. The molecule has 0 atom stereocenters. The Balaban J connectivity index is 2.52. The summed E-state index contributed by atoms with van der Waals surface area (Å²) in [6.07, 6.45) is 2.40. The van der Waals surface area contributed by atoms with Crippen LogP contribution in [0, 0.1) is 0 Å². The van der Waals surface area contributed by atoms with E-state index in [9.17, 15) is 0 Å². The van der Waals surface area contributed by atoms with Gasteiger partial charge >= 0.3 is 0 Å². The van der Waals surface area contributed by atoms with Crippen LogP contribution in [0.4, 0.5) is 5.69 Å². The monoisotopic (exact) mass is 161 g/mol. The number of nitrogen functional groups attached to an aromatic ring is 1. The average molecular weight is 161 g/mol. The minimum Gasteiger partial charge on any atom is -0.398 e. The van der Waals surface area contributed by atoms with Crippen LogP contribution in [0.3, 0.4) is 0 Å². The van der Waals surface area contributed by atoms with Gasteiger partial charge in [-0.3, -0.25) is 0 Å². The molecule has 1 heteroatoms. The van der Waals surface area contributed by atoms with Crippen LogP contribution >= 0.6 is 0 Å². The molecule has 2 rings (SSSR count). The Morgan fingerprint density at radius 1 is 1.25 bits per heavy atom. The molecule has 2 N–H and O–H groups in total. The van der Waals surface area contributed by atoms with Gasteiger partial charge in [0.05, 0.1) is 0 Å². The fourth-order valence-electron chi connectivity index (χ4n) is 1.84. The number of rotatable bonds is 1. The van der Waals surface area contributed by atoms with E-state index in [4.69, 9.17) is 5.73 Å². The van der Waals surface area contributed by atoms with Crippen LogP contribution in [-0.2, 0) is 12.8 Å². The van der Waals surface area contributed by atoms with E-state index in [0.29, 0.717) is 5.92 Å². The zero-order valence-electron chi connectivity index (χ0n) is 7.72. The number of benzene rings is 1. The summed E-state index contributed by atoms with van der Waals surface area (Å²) in [5, 5.41) is 0. The number of hydrogen-bond donors (Lipinski definition) is 1. The van der Waals surface area contributed by atoms with Crippen LogP contribution in [-0.4, -0.2) is 0 Å². The molecule has 0 radical (unpaired) electrons. The van der Waals surface area contributed by atoms with Crippen molar-refractivity contribution in [2.45, 2.75) is 32.6 Å². The SMILES string of the molecule is CC(C)c1ccc2c(c1N)CC2. The zero-order chi connectivity index (χ0) is 8.72. The summed E-state index contributed by atoms with van der Waals surface area (Å²) in [6, 6.07) is 4.41. The van der Waals surface area contributed by atoms with Crippen LogP contribution in [0.5, 0.6) is 0 Å². The minimum absolute atomic E-state index is 0.552. The molecule has 0 spiro atoms. The van der Waals surface area contributed by atoms with E-state index >= 15 is 0 Å². The standard InChI is InChI=1S/C11H15N/c1-7(2)9-5-3-8-4-6-10(8)11(9)12/h3,5,7H,4,6,12H2,1-2H3. The van der Waals surface area contributed by atoms with Gasteiger partial charge in [-0.15, -0.1) is 0 Å². The topological polar surface area (TPSA) is 26.0 Å². The summed E-state index contributed by atoms with van der Waals surface area (Å²) in [6.45, 7) is 4.38. The highest BCUT2D eigenvalue weighted by Gasteiger charge is 2.18. The molecule has 64 valence electrons. The summed E-state index contributed by atoms with van der Waals surface area (Å²) in [7, 11) is 0. The summed E-state index contributed by atoms with van der Waals surface area (Å²) in [4.78, 5) is 0. The molecule has 0 fully saturated rings. The van der Waals surface area contributed by atoms with Crippen molar-refractivity contribution in [3.63, 3.8) is 0 Å². The molecular formula is C11H15N. The van der Waals surface area contributed by atoms with E-state index in [1.165, 1.54) is 29.5 Å². The highest BCUT2D eigenvalue weighted by Crippen LogP contribution is 2.33. The van der Waals surface area contributed by atoms with Crippen molar-refractivity contribution in [3.8, 4) is 0 Å². The number of aryl methyl sites for hydroxylation is 1. The normalized spacial score (nSPS) is 14.2. The van der Waals surface area contributed by atoms with E-state index in [2.05, 4.69) is 26.0 Å². The van der Waals surface area contributed by atoms with Crippen molar-refractivity contribution in [2.75, 3.05) is 5.73 Å². The molecule has 0 heterocycles. The van der Waals surface area contributed by atoms with E-state index in [-0.39, 0.29) is 0 Å².